The number of hydrogen-bond acceptors (Lipinski definition) is 4. The molecular formula is C20H29IN6S. The van der Waals surface area contributed by atoms with Gasteiger partial charge in [0.15, 0.2) is 5.96 Å². The summed E-state index contributed by atoms with van der Waals surface area (Å²) >= 11 is 2.19. The topological polar surface area (TPSA) is 58.3 Å². The minimum absolute atomic E-state index is 0. The molecule has 4 rings (SSSR count). The molecule has 1 saturated heterocycles. The lowest BCUT2D eigenvalue weighted by molar-refractivity contribution is 0.293. The molecule has 0 unspecified atom stereocenters. The first-order valence-corrected chi connectivity index (χ1v) is 10.8. The summed E-state index contributed by atoms with van der Waals surface area (Å²) in [5.74, 6) is 2.22. The molecule has 1 aliphatic carbocycles. The lowest BCUT2D eigenvalue weighted by atomic mass is 9.87. The van der Waals surface area contributed by atoms with Gasteiger partial charge in [0.05, 0.1) is 5.69 Å². The van der Waals surface area contributed by atoms with Crippen LogP contribution in [0.5, 0.6) is 0 Å². The van der Waals surface area contributed by atoms with Gasteiger partial charge in [-0.3, -0.25) is 4.99 Å². The minimum Gasteiger partial charge on any atom is -0.352 e. The highest BCUT2D eigenvalue weighted by Gasteiger charge is 2.38. The Kier molecular flexibility index (Phi) is 7.62. The predicted octanol–water partition coefficient (Wildman–Crippen LogP) is 3.71. The van der Waals surface area contributed by atoms with Crippen molar-refractivity contribution in [2.75, 3.05) is 25.9 Å². The van der Waals surface area contributed by atoms with Crippen molar-refractivity contribution in [1.29, 1.82) is 0 Å². The number of halogens is 1. The molecule has 28 heavy (non-hydrogen) atoms. The minimum atomic E-state index is 0. The van der Waals surface area contributed by atoms with Crippen LogP contribution in [-0.2, 0) is 6.54 Å². The molecule has 0 bridgehead atoms. The first-order valence-electron chi connectivity index (χ1n) is 9.82. The third-order valence-electron chi connectivity index (χ3n) is 5.57. The number of nitrogens with one attached hydrogen (secondary N) is 1. The van der Waals surface area contributed by atoms with E-state index >= 15 is 0 Å². The van der Waals surface area contributed by atoms with E-state index < -0.39 is 0 Å². The molecule has 0 amide bonds. The van der Waals surface area contributed by atoms with Crippen LogP contribution in [0.1, 0.15) is 37.7 Å². The predicted molar refractivity (Wildman–Crippen MR) is 127 cm³/mol. The Morgan fingerprint density at radius 3 is 2.89 bits per heavy atom. The molecule has 152 valence electrons. The van der Waals surface area contributed by atoms with Gasteiger partial charge in [-0.1, -0.05) is 31.4 Å². The molecule has 6 nitrogen and oxygen atoms in total. The van der Waals surface area contributed by atoms with Crippen molar-refractivity contribution in [2.24, 2.45) is 4.99 Å². The zero-order valence-electron chi connectivity index (χ0n) is 16.4. The molecule has 8 heteroatoms. The molecule has 2 heterocycles. The van der Waals surface area contributed by atoms with Crippen LogP contribution in [0.25, 0.3) is 5.69 Å². The van der Waals surface area contributed by atoms with Gasteiger partial charge in [-0.05, 0) is 30.5 Å². The lowest BCUT2D eigenvalue weighted by Gasteiger charge is -2.45. The Balaban J connectivity index is 0.00000225. The van der Waals surface area contributed by atoms with Crippen molar-refractivity contribution in [1.82, 2.24) is 25.0 Å². The Hall–Kier alpha value is -1.29. The summed E-state index contributed by atoms with van der Waals surface area (Å²) in [5, 5.41) is 7.78. The molecule has 1 aromatic heterocycles. The van der Waals surface area contributed by atoms with Gasteiger partial charge < -0.3 is 10.2 Å². The normalized spacial score (nSPS) is 19.3. The van der Waals surface area contributed by atoms with Gasteiger partial charge in [-0.15, -0.1) is 24.0 Å². The van der Waals surface area contributed by atoms with E-state index in [2.05, 4.69) is 55.3 Å². The molecule has 2 aliphatic rings. The fraction of sp³-hybridized carbons (Fsp3) is 0.550. The number of benzene rings is 1. The van der Waals surface area contributed by atoms with E-state index in [1.165, 1.54) is 43.4 Å². The fourth-order valence-electron chi connectivity index (χ4n) is 4.19. The summed E-state index contributed by atoms with van der Waals surface area (Å²) in [7, 11) is 1.89. The van der Waals surface area contributed by atoms with Crippen LogP contribution < -0.4 is 5.32 Å². The fourth-order valence-corrected chi connectivity index (χ4v) is 5.76. The third-order valence-corrected chi connectivity index (χ3v) is 7.11. The van der Waals surface area contributed by atoms with Crippen LogP contribution in [-0.4, -0.2) is 56.3 Å². The van der Waals surface area contributed by atoms with E-state index in [-0.39, 0.29) is 24.0 Å². The third kappa shape index (κ3) is 5.00. The summed E-state index contributed by atoms with van der Waals surface area (Å²) in [4.78, 5) is 11.1. The van der Waals surface area contributed by atoms with Gasteiger partial charge in [-0.25, -0.2) is 9.67 Å². The van der Waals surface area contributed by atoms with Gasteiger partial charge in [0.1, 0.15) is 12.7 Å². The molecule has 0 atom stereocenters. The van der Waals surface area contributed by atoms with Crippen molar-refractivity contribution < 1.29 is 0 Å². The van der Waals surface area contributed by atoms with Crippen molar-refractivity contribution >= 4 is 41.7 Å². The largest absolute Gasteiger partial charge is 0.352 e. The second kappa shape index (κ2) is 9.96. The van der Waals surface area contributed by atoms with Gasteiger partial charge in [-0.2, -0.15) is 16.9 Å². The number of nitrogens with zero attached hydrogens (tertiary/aromatic N) is 5. The van der Waals surface area contributed by atoms with Crippen LogP contribution in [0.2, 0.25) is 0 Å². The summed E-state index contributed by atoms with van der Waals surface area (Å²) in [6.07, 6.45) is 10.1. The Labute approximate surface area is 188 Å². The molecule has 1 aromatic carbocycles. The van der Waals surface area contributed by atoms with Crippen LogP contribution in [0.15, 0.2) is 41.9 Å². The maximum absolute atomic E-state index is 4.57. The van der Waals surface area contributed by atoms with E-state index in [0.29, 0.717) is 4.75 Å². The van der Waals surface area contributed by atoms with Crippen molar-refractivity contribution in [3.05, 3.63) is 42.5 Å². The van der Waals surface area contributed by atoms with Gasteiger partial charge >= 0.3 is 0 Å². The molecule has 2 fully saturated rings. The average molecular weight is 512 g/mol. The number of thioether (sulfide) groups is 1. The summed E-state index contributed by atoms with van der Waals surface area (Å²) in [6.45, 7) is 2.95. The van der Waals surface area contributed by atoms with E-state index in [1.807, 2.05) is 13.1 Å². The molecule has 1 N–H and O–H groups in total. The summed E-state index contributed by atoms with van der Waals surface area (Å²) in [5.41, 5.74) is 2.24. The first-order chi connectivity index (χ1) is 13.3. The summed E-state index contributed by atoms with van der Waals surface area (Å²) < 4.78 is 2.23. The summed E-state index contributed by atoms with van der Waals surface area (Å²) in [6, 6.07) is 8.38. The van der Waals surface area contributed by atoms with Crippen molar-refractivity contribution in [2.45, 2.75) is 43.4 Å². The molecule has 1 aliphatic heterocycles. The van der Waals surface area contributed by atoms with Crippen molar-refractivity contribution in [3.63, 3.8) is 0 Å². The Morgan fingerprint density at radius 2 is 2.14 bits per heavy atom. The Morgan fingerprint density at radius 1 is 1.29 bits per heavy atom. The SMILES string of the molecule is CN=C(NCc1cccc(-n2cncn2)c1)N1CCSC2(CCCCC2)C1.I. The van der Waals surface area contributed by atoms with Crippen LogP contribution in [0.4, 0.5) is 0 Å². The number of rotatable bonds is 3. The zero-order chi connectivity index (χ0) is 18.5. The molecule has 2 aromatic rings. The van der Waals surface area contributed by atoms with Crippen LogP contribution in [0.3, 0.4) is 0 Å². The molecule has 1 saturated carbocycles. The highest BCUT2D eigenvalue weighted by molar-refractivity contribution is 14.0. The molecule has 1 spiro atoms. The van der Waals surface area contributed by atoms with Crippen molar-refractivity contribution in [3.8, 4) is 5.69 Å². The number of hydrogen-bond donors (Lipinski definition) is 1. The van der Waals surface area contributed by atoms with Crippen LogP contribution in [0, 0.1) is 0 Å². The lowest BCUT2D eigenvalue weighted by Crippen LogP contribution is -2.53. The quantitative estimate of drug-likeness (QED) is 0.386. The molecule has 0 radical (unpaired) electrons. The maximum atomic E-state index is 4.57. The standard InChI is InChI=1S/C20H28N6S.HI/c1-21-19(25-10-11-27-20(14-25)8-3-2-4-9-20)23-13-17-6-5-7-18(12-17)26-16-22-15-24-26;/h5-7,12,15-16H,2-4,8-11,13-14H2,1H3,(H,21,23);1H. The smallest absolute Gasteiger partial charge is 0.193 e. The van der Waals surface area contributed by atoms with E-state index in [4.69, 9.17) is 0 Å². The highest BCUT2D eigenvalue weighted by atomic mass is 127. The van der Waals surface area contributed by atoms with Gasteiger partial charge in [0.2, 0.25) is 0 Å². The first kappa shape index (κ1) is 21.4. The number of aromatic nitrogens is 3. The maximum Gasteiger partial charge on any atom is 0.193 e. The van der Waals surface area contributed by atoms with Crippen LogP contribution >= 0.6 is 35.7 Å². The monoisotopic (exact) mass is 512 g/mol. The second-order valence-corrected chi connectivity index (χ2v) is 8.99. The number of aliphatic imine (C=N–C) groups is 1. The number of guanidine groups is 1. The zero-order valence-corrected chi connectivity index (χ0v) is 19.5. The van der Waals surface area contributed by atoms with E-state index in [9.17, 15) is 0 Å². The Bertz CT molecular complexity index is 767. The second-order valence-electron chi connectivity index (χ2n) is 7.42. The van der Waals surface area contributed by atoms with Gasteiger partial charge in [0.25, 0.3) is 0 Å². The van der Waals surface area contributed by atoms with E-state index in [1.54, 1.807) is 17.3 Å². The average Bonchev–Trinajstić information content (AvgIpc) is 3.24. The molecular weight excluding hydrogens is 483 g/mol. The highest BCUT2D eigenvalue weighted by Crippen LogP contribution is 2.42. The van der Waals surface area contributed by atoms with E-state index in [0.717, 1.165) is 31.3 Å². The van der Waals surface area contributed by atoms with Gasteiger partial charge in [0, 0.05) is 37.2 Å².